The Morgan fingerprint density at radius 3 is 2.62 bits per heavy atom. The van der Waals surface area contributed by atoms with Gasteiger partial charge in [-0.25, -0.2) is 4.79 Å². The summed E-state index contributed by atoms with van der Waals surface area (Å²) in [5.41, 5.74) is 1.17. The molecule has 0 aliphatic heterocycles. The Labute approximate surface area is 148 Å². The number of esters is 1. The highest BCUT2D eigenvalue weighted by Gasteiger charge is 2.20. The molecule has 0 saturated heterocycles. The minimum Gasteiger partial charge on any atom is -0.463 e. The van der Waals surface area contributed by atoms with Crippen LogP contribution in [-0.4, -0.2) is 35.2 Å². The van der Waals surface area contributed by atoms with Gasteiger partial charge < -0.3 is 19.3 Å². The van der Waals surface area contributed by atoms with E-state index < -0.39 is 30.0 Å². The zero-order chi connectivity index (χ0) is 19.3. The molecule has 10 nitrogen and oxygen atoms in total. The molecule has 0 unspecified atom stereocenters. The molecule has 2 rings (SSSR count). The first-order valence-corrected chi connectivity index (χ1v) is 7.54. The number of aryl methyl sites for hydroxylation is 2. The predicted molar refractivity (Wildman–Crippen MR) is 88.9 cm³/mol. The lowest BCUT2D eigenvalue weighted by Gasteiger charge is -2.11. The lowest BCUT2D eigenvalue weighted by Crippen LogP contribution is -2.24. The summed E-state index contributed by atoms with van der Waals surface area (Å²) in [5, 5.41) is 17.0. The van der Waals surface area contributed by atoms with E-state index in [0.29, 0.717) is 11.3 Å². The third-order valence-electron chi connectivity index (χ3n) is 3.48. The average Bonchev–Trinajstić information content (AvgIpc) is 3.00. The Bertz CT molecular complexity index is 844. The molecule has 0 bridgehead atoms. The maximum absolute atomic E-state index is 12.0. The van der Waals surface area contributed by atoms with Crippen LogP contribution in [0.3, 0.4) is 0 Å². The standard InChI is InChI=1S/C16H17N3O7/c1-9-4-5-12(19(22)23)16(11(9)3)17-13(20)7-25-15(21)8-24-14-6-10(2)26-18-14/h4-6H,7-8H2,1-3H3,(H,17,20). The molecule has 1 heterocycles. The smallest absolute Gasteiger partial charge is 0.344 e. The van der Waals surface area contributed by atoms with Gasteiger partial charge in [-0.2, -0.15) is 0 Å². The van der Waals surface area contributed by atoms with Crippen LogP contribution in [0.5, 0.6) is 5.88 Å². The van der Waals surface area contributed by atoms with Gasteiger partial charge >= 0.3 is 5.97 Å². The summed E-state index contributed by atoms with van der Waals surface area (Å²) in [7, 11) is 0. The summed E-state index contributed by atoms with van der Waals surface area (Å²) in [6, 6.07) is 4.38. The van der Waals surface area contributed by atoms with Crippen LogP contribution >= 0.6 is 0 Å². The molecule has 0 radical (unpaired) electrons. The van der Waals surface area contributed by atoms with Gasteiger partial charge in [-0.3, -0.25) is 14.9 Å². The van der Waals surface area contributed by atoms with E-state index in [1.54, 1.807) is 26.8 Å². The summed E-state index contributed by atoms with van der Waals surface area (Å²) in [4.78, 5) is 34.0. The van der Waals surface area contributed by atoms with Crippen LogP contribution in [-0.2, 0) is 14.3 Å². The highest BCUT2D eigenvalue weighted by Crippen LogP contribution is 2.30. The fourth-order valence-electron chi connectivity index (χ4n) is 2.02. The third-order valence-corrected chi connectivity index (χ3v) is 3.48. The van der Waals surface area contributed by atoms with Crippen LogP contribution < -0.4 is 10.1 Å². The van der Waals surface area contributed by atoms with Crippen LogP contribution in [0.4, 0.5) is 11.4 Å². The molecule has 0 saturated carbocycles. The Hall–Kier alpha value is -3.43. The molecular weight excluding hydrogens is 346 g/mol. The Morgan fingerprint density at radius 2 is 2.00 bits per heavy atom. The fourth-order valence-corrected chi connectivity index (χ4v) is 2.02. The zero-order valence-electron chi connectivity index (χ0n) is 14.4. The van der Waals surface area contributed by atoms with Crippen molar-refractivity contribution >= 4 is 23.3 Å². The molecule has 138 valence electrons. The Kier molecular flexibility index (Phi) is 5.89. The van der Waals surface area contributed by atoms with E-state index in [2.05, 4.69) is 10.5 Å². The Balaban J connectivity index is 1.90. The van der Waals surface area contributed by atoms with Crippen molar-refractivity contribution in [2.24, 2.45) is 0 Å². The first-order chi connectivity index (χ1) is 12.3. The van der Waals surface area contributed by atoms with Crippen molar-refractivity contribution in [3.8, 4) is 5.88 Å². The first-order valence-electron chi connectivity index (χ1n) is 7.54. The van der Waals surface area contributed by atoms with Crippen LogP contribution in [0.25, 0.3) is 0 Å². The topological polar surface area (TPSA) is 134 Å². The molecule has 26 heavy (non-hydrogen) atoms. The molecule has 1 amide bonds. The van der Waals surface area contributed by atoms with Gasteiger partial charge in [0.2, 0.25) is 0 Å². The molecule has 1 N–H and O–H groups in total. The number of hydrogen-bond acceptors (Lipinski definition) is 8. The number of anilines is 1. The number of nitrogens with zero attached hydrogens (tertiary/aromatic N) is 2. The lowest BCUT2D eigenvalue weighted by atomic mass is 10.1. The van der Waals surface area contributed by atoms with Gasteiger partial charge in [-0.1, -0.05) is 6.07 Å². The van der Waals surface area contributed by atoms with E-state index in [1.165, 1.54) is 12.1 Å². The van der Waals surface area contributed by atoms with Crippen molar-refractivity contribution in [2.45, 2.75) is 20.8 Å². The van der Waals surface area contributed by atoms with E-state index >= 15 is 0 Å². The summed E-state index contributed by atoms with van der Waals surface area (Å²) >= 11 is 0. The molecule has 2 aromatic rings. The van der Waals surface area contributed by atoms with Gasteiger partial charge in [0.15, 0.2) is 13.2 Å². The molecule has 0 aliphatic rings. The van der Waals surface area contributed by atoms with Crippen LogP contribution in [0, 0.1) is 30.9 Å². The van der Waals surface area contributed by atoms with E-state index in [1.807, 2.05) is 0 Å². The highest BCUT2D eigenvalue weighted by molar-refractivity contribution is 5.96. The summed E-state index contributed by atoms with van der Waals surface area (Å²) in [6.07, 6.45) is 0. The predicted octanol–water partition coefficient (Wildman–Crippen LogP) is 2.07. The largest absolute Gasteiger partial charge is 0.463 e. The number of aromatic nitrogens is 1. The van der Waals surface area contributed by atoms with Crippen molar-refractivity contribution in [1.82, 2.24) is 5.16 Å². The van der Waals surface area contributed by atoms with Crippen molar-refractivity contribution < 1.29 is 28.5 Å². The number of nitro groups is 1. The lowest BCUT2D eigenvalue weighted by molar-refractivity contribution is -0.384. The second-order valence-electron chi connectivity index (χ2n) is 5.43. The number of rotatable bonds is 7. The number of carbonyl (C=O) groups is 2. The average molecular weight is 363 g/mol. The van der Waals surface area contributed by atoms with Crippen LogP contribution in [0.1, 0.15) is 16.9 Å². The molecule has 0 aliphatic carbocycles. The van der Waals surface area contributed by atoms with Crippen molar-refractivity contribution in [3.05, 3.63) is 45.2 Å². The molecule has 0 fully saturated rings. The number of ether oxygens (including phenoxy) is 2. The number of amides is 1. The van der Waals surface area contributed by atoms with E-state index in [-0.39, 0.29) is 17.3 Å². The third kappa shape index (κ3) is 4.79. The zero-order valence-corrected chi connectivity index (χ0v) is 14.4. The quantitative estimate of drug-likeness (QED) is 0.449. The number of nitro benzene ring substituents is 1. The van der Waals surface area contributed by atoms with Crippen molar-refractivity contribution in [2.75, 3.05) is 18.5 Å². The minimum atomic E-state index is -0.795. The van der Waals surface area contributed by atoms with Crippen LogP contribution in [0.15, 0.2) is 22.7 Å². The SMILES string of the molecule is Cc1cc(OCC(=O)OCC(=O)Nc2c([N+](=O)[O-])ccc(C)c2C)no1. The van der Waals surface area contributed by atoms with E-state index in [9.17, 15) is 19.7 Å². The molecule has 1 aromatic heterocycles. The summed E-state index contributed by atoms with van der Waals surface area (Å²) in [6.45, 7) is 4.01. The molecule has 0 spiro atoms. The first kappa shape index (κ1) is 18.9. The fraction of sp³-hybridized carbons (Fsp3) is 0.312. The van der Waals surface area contributed by atoms with Crippen LogP contribution in [0.2, 0.25) is 0 Å². The number of hydrogen-bond donors (Lipinski definition) is 1. The highest BCUT2D eigenvalue weighted by atomic mass is 16.6. The number of carbonyl (C=O) groups excluding carboxylic acids is 2. The van der Waals surface area contributed by atoms with Gasteiger partial charge in [0.1, 0.15) is 11.4 Å². The number of nitrogens with one attached hydrogen (secondary N) is 1. The molecule has 10 heteroatoms. The molecular formula is C16H17N3O7. The normalized spacial score (nSPS) is 10.3. The number of benzene rings is 1. The van der Waals surface area contributed by atoms with Gasteiger partial charge in [-0.05, 0) is 37.1 Å². The van der Waals surface area contributed by atoms with Gasteiger partial charge in [0.05, 0.1) is 4.92 Å². The van der Waals surface area contributed by atoms with Gasteiger partial charge in [0.25, 0.3) is 17.5 Å². The summed E-state index contributed by atoms with van der Waals surface area (Å²) < 4.78 is 14.6. The maximum atomic E-state index is 12.0. The van der Waals surface area contributed by atoms with E-state index in [4.69, 9.17) is 14.0 Å². The maximum Gasteiger partial charge on any atom is 0.344 e. The van der Waals surface area contributed by atoms with Crippen molar-refractivity contribution in [1.29, 1.82) is 0 Å². The van der Waals surface area contributed by atoms with Gasteiger partial charge in [0, 0.05) is 12.1 Å². The second-order valence-corrected chi connectivity index (χ2v) is 5.43. The monoisotopic (exact) mass is 363 g/mol. The minimum absolute atomic E-state index is 0.0744. The van der Waals surface area contributed by atoms with Gasteiger partial charge in [-0.15, -0.1) is 0 Å². The van der Waals surface area contributed by atoms with Crippen molar-refractivity contribution in [3.63, 3.8) is 0 Å². The Morgan fingerprint density at radius 1 is 1.27 bits per heavy atom. The van der Waals surface area contributed by atoms with E-state index in [0.717, 1.165) is 5.56 Å². The molecule has 1 aromatic carbocycles. The molecule has 0 atom stereocenters. The summed E-state index contributed by atoms with van der Waals surface area (Å²) in [5.74, 6) is -0.860. The second kappa shape index (κ2) is 8.10.